The van der Waals surface area contributed by atoms with Crippen LogP contribution in [0, 0.1) is 12.7 Å². The number of benzene rings is 4. The van der Waals surface area contributed by atoms with Gasteiger partial charge in [0.2, 0.25) is 35.4 Å². The van der Waals surface area contributed by atoms with Crippen LogP contribution in [0.3, 0.4) is 0 Å². The number of H-pyrrole nitrogens is 1. The first-order chi connectivity index (χ1) is 45.6. The molecule has 12 N–H and O–H groups in total. The zero-order valence-corrected chi connectivity index (χ0v) is 53.6. The lowest BCUT2D eigenvalue weighted by atomic mass is 9.85. The van der Waals surface area contributed by atoms with Crippen LogP contribution in [0.25, 0.3) is 10.9 Å². The molecule has 28 heteroatoms. The monoisotopic (exact) mass is 1320 g/mol. The molecule has 1 aromatic heterocycles. The Morgan fingerprint density at radius 1 is 0.632 bits per heavy atom. The molecule has 2 saturated heterocycles. The first-order valence-corrected chi connectivity index (χ1v) is 32.0. The molecule has 3 heterocycles. The van der Waals surface area contributed by atoms with Crippen LogP contribution in [0.2, 0.25) is 0 Å². The minimum Gasteiger partial charge on any atom is -0.492 e. The number of carboxylic acids is 3. The number of ether oxygens (including phenoxy) is 1. The van der Waals surface area contributed by atoms with Gasteiger partial charge < -0.3 is 67.6 Å². The fraction of sp³-hybridized carbons (Fsp3) is 0.463. The van der Waals surface area contributed by atoms with Crippen LogP contribution in [-0.4, -0.2) is 240 Å². The van der Waals surface area contributed by atoms with E-state index in [1.165, 1.54) is 18.2 Å². The predicted octanol–water partition coefficient (Wildman–Crippen LogP) is 1.08. The molecular formula is C67H88FN13O14. The number of fused-ring (bicyclic) bond motifs is 1. The second kappa shape index (κ2) is 36.9. The topological polar surface area (TPSA) is 371 Å². The number of primary amides is 1. The number of hydrogen-bond donors (Lipinski definition) is 11. The van der Waals surface area contributed by atoms with E-state index in [1.54, 1.807) is 57.0 Å². The van der Waals surface area contributed by atoms with Crippen LogP contribution in [0.5, 0.6) is 5.75 Å². The summed E-state index contributed by atoms with van der Waals surface area (Å²) in [4.78, 5) is 142. The molecule has 0 saturated carbocycles. The first-order valence-electron chi connectivity index (χ1n) is 32.0. The molecule has 0 unspecified atom stereocenters. The van der Waals surface area contributed by atoms with Crippen molar-refractivity contribution in [1.29, 1.82) is 0 Å². The number of aryl methyl sites for hydroxylation is 1. The van der Waals surface area contributed by atoms with Gasteiger partial charge in [-0.05, 0) is 85.2 Å². The van der Waals surface area contributed by atoms with Gasteiger partial charge in [-0.25, -0.2) is 4.39 Å². The van der Waals surface area contributed by atoms with Crippen molar-refractivity contribution in [2.75, 3.05) is 118 Å². The lowest BCUT2D eigenvalue weighted by Gasteiger charge is -2.41. The SMILES string of the molecule is Cc1ccc(CNCC(=O)N2CCC(NC(=O)c3cccc(OCCNC(=O)[C@H](Cc4ccccc4)NC(=O)CCCCCNC(=O)CN4CCN(CC(=O)O)CCN(CC(=O)O)CCN(CC(=O)O)CC4)c3)(C(=O)N[C@@H](Cc3c[nH]c4ccccc34)C(N)=O)CC2)cc1F. The maximum Gasteiger partial charge on any atom is 0.317 e. The maximum absolute atomic E-state index is 14.6. The lowest BCUT2D eigenvalue weighted by molar-refractivity contribution is -0.140. The number of hydrogen-bond acceptors (Lipinski definition) is 16. The Balaban J connectivity index is 0.889. The molecule has 2 aliphatic heterocycles. The van der Waals surface area contributed by atoms with Gasteiger partial charge in [0, 0.05) is 120 Å². The molecule has 7 amide bonds. The molecular weight excluding hydrogens is 1230 g/mol. The molecule has 2 atom stereocenters. The van der Waals surface area contributed by atoms with Crippen LogP contribution in [-0.2, 0) is 62.5 Å². The number of nitrogens with two attached hydrogens (primary N) is 1. The van der Waals surface area contributed by atoms with Crippen molar-refractivity contribution >= 4 is 70.2 Å². The van der Waals surface area contributed by atoms with Crippen molar-refractivity contribution in [1.82, 2.24) is 61.4 Å². The summed E-state index contributed by atoms with van der Waals surface area (Å²) in [5, 5.41) is 46.8. The molecule has 2 aliphatic rings. The van der Waals surface area contributed by atoms with Gasteiger partial charge in [0.1, 0.15) is 35.8 Å². The van der Waals surface area contributed by atoms with E-state index in [4.69, 9.17) is 10.5 Å². The lowest BCUT2D eigenvalue weighted by Crippen LogP contribution is -2.66. The fourth-order valence-corrected chi connectivity index (χ4v) is 11.4. The quantitative estimate of drug-likeness (QED) is 0.0262. The third-order valence-corrected chi connectivity index (χ3v) is 16.8. The number of para-hydroxylation sites is 1. The van der Waals surface area contributed by atoms with Crippen molar-refractivity contribution in [3.63, 3.8) is 0 Å². The summed E-state index contributed by atoms with van der Waals surface area (Å²) in [5.74, 6) is -6.71. The highest BCUT2D eigenvalue weighted by atomic mass is 19.1. The molecule has 0 spiro atoms. The molecule has 512 valence electrons. The minimum atomic E-state index is -1.60. The highest BCUT2D eigenvalue weighted by molar-refractivity contribution is 6.01. The molecule has 0 aliphatic carbocycles. The fourth-order valence-electron chi connectivity index (χ4n) is 11.4. The molecule has 5 aromatic rings. The predicted molar refractivity (Wildman–Crippen MR) is 349 cm³/mol. The number of amides is 7. The Kier molecular flexibility index (Phi) is 28.4. The van der Waals surface area contributed by atoms with Gasteiger partial charge >= 0.3 is 17.9 Å². The highest BCUT2D eigenvalue weighted by Crippen LogP contribution is 2.26. The third kappa shape index (κ3) is 24.2. The van der Waals surface area contributed by atoms with Gasteiger partial charge in [-0.2, -0.15) is 0 Å². The van der Waals surface area contributed by atoms with Gasteiger partial charge in [-0.15, -0.1) is 0 Å². The smallest absolute Gasteiger partial charge is 0.317 e. The third-order valence-electron chi connectivity index (χ3n) is 16.8. The van der Waals surface area contributed by atoms with E-state index < -0.39 is 59.2 Å². The normalized spacial score (nSPS) is 15.8. The van der Waals surface area contributed by atoms with E-state index in [0.29, 0.717) is 50.0 Å². The van der Waals surface area contributed by atoms with E-state index in [0.717, 1.165) is 22.0 Å². The zero-order chi connectivity index (χ0) is 68.3. The van der Waals surface area contributed by atoms with Crippen LogP contribution < -0.4 is 42.4 Å². The van der Waals surface area contributed by atoms with Gasteiger partial charge in [0.15, 0.2) is 0 Å². The number of likely N-dealkylation sites (tertiary alicyclic amines) is 1. The van der Waals surface area contributed by atoms with Crippen LogP contribution in [0.15, 0.2) is 103 Å². The van der Waals surface area contributed by atoms with Gasteiger partial charge in [-0.3, -0.25) is 67.5 Å². The summed E-state index contributed by atoms with van der Waals surface area (Å²) in [6.45, 7) is 3.51. The summed E-state index contributed by atoms with van der Waals surface area (Å²) in [5.41, 5.74) is 7.96. The number of nitrogens with zero attached hydrogens (tertiary/aromatic N) is 5. The number of piperidine rings is 1. The van der Waals surface area contributed by atoms with Gasteiger partial charge in [-0.1, -0.05) is 73.2 Å². The number of rotatable bonds is 33. The number of halogens is 1. The minimum absolute atomic E-state index is 0.0133. The van der Waals surface area contributed by atoms with Gasteiger partial charge in [0.05, 0.1) is 39.3 Å². The van der Waals surface area contributed by atoms with Crippen molar-refractivity contribution < 1.29 is 72.4 Å². The molecule has 7 rings (SSSR count). The Hall–Kier alpha value is -9.35. The highest BCUT2D eigenvalue weighted by Gasteiger charge is 2.45. The number of carbonyl (C=O) groups excluding carboxylic acids is 7. The summed E-state index contributed by atoms with van der Waals surface area (Å²) in [6, 6.07) is 25.6. The van der Waals surface area contributed by atoms with Crippen LogP contribution >= 0.6 is 0 Å². The zero-order valence-electron chi connectivity index (χ0n) is 53.6. The molecule has 95 heavy (non-hydrogen) atoms. The Morgan fingerprint density at radius 2 is 1.25 bits per heavy atom. The van der Waals surface area contributed by atoms with E-state index in [-0.39, 0.29) is 172 Å². The number of aromatic amines is 1. The Morgan fingerprint density at radius 3 is 1.87 bits per heavy atom. The number of aliphatic carboxylic acids is 3. The second-order valence-corrected chi connectivity index (χ2v) is 24.0. The Bertz CT molecular complexity index is 3410. The van der Waals surface area contributed by atoms with E-state index in [2.05, 4.69) is 36.9 Å². The molecule has 27 nitrogen and oxygen atoms in total. The summed E-state index contributed by atoms with van der Waals surface area (Å²) in [7, 11) is 0. The van der Waals surface area contributed by atoms with E-state index in [9.17, 15) is 67.7 Å². The molecule has 0 bridgehead atoms. The maximum atomic E-state index is 14.6. The van der Waals surface area contributed by atoms with Crippen LogP contribution in [0.4, 0.5) is 4.39 Å². The van der Waals surface area contributed by atoms with Crippen molar-refractivity contribution in [2.24, 2.45) is 5.73 Å². The van der Waals surface area contributed by atoms with Crippen molar-refractivity contribution in [2.45, 2.75) is 82.5 Å². The average molecular weight is 1320 g/mol. The number of aromatic nitrogens is 1. The van der Waals surface area contributed by atoms with Crippen LogP contribution in [0.1, 0.15) is 71.1 Å². The standard InChI is InChI=1S/C67H88FN13O14/c1-46-18-19-48(35-53(46)68)39-70-41-59(84)81-24-20-67(21-25-81,66(94)75-55(63(69)91)38-50-40-73-54-16-8-7-15-52(50)54)76-64(92)49-13-10-14-51(37-49)95-34-23-72-65(93)56(36-47-11-4-2-5-12-47)74-57(82)17-6-3-9-22-71-58(83)42-77-26-28-78(43-60(85)86)30-32-80(45-62(89)90)33-31-79(29-27-77)44-61(87)88/h2,4-5,7-8,10-16,18-19,35,37,40,55-56,70,73H,3,6,9,17,20-34,36,38-39,41-45H2,1H3,(H2,69,91)(H,71,83)(H,72,93)(H,74,82)(H,75,94)(H,76,92)(H,85,86)(H,87,88)(H,89,90)/t55-,56-/m0/s1. The summed E-state index contributed by atoms with van der Waals surface area (Å²) in [6.07, 6.45) is 3.62. The van der Waals surface area contributed by atoms with E-state index >= 15 is 0 Å². The van der Waals surface area contributed by atoms with Crippen molar-refractivity contribution in [3.05, 3.63) is 137 Å². The Labute approximate surface area is 550 Å². The average Bonchev–Trinajstić information content (AvgIpc) is 1.31. The molecule has 0 radical (unpaired) electrons. The number of unbranched alkanes of at least 4 members (excludes halogenated alkanes) is 2. The largest absolute Gasteiger partial charge is 0.492 e. The number of nitrogens with one attached hydrogen (secondary N) is 7. The summed E-state index contributed by atoms with van der Waals surface area (Å²) >= 11 is 0. The summed E-state index contributed by atoms with van der Waals surface area (Å²) < 4.78 is 20.2. The molecule has 4 aromatic carbocycles. The molecule has 2 fully saturated rings. The second-order valence-electron chi connectivity index (χ2n) is 24.0. The number of carboxylic acid groups (broad SMARTS) is 3. The van der Waals surface area contributed by atoms with E-state index in [1.807, 2.05) is 59.5 Å². The first kappa shape index (κ1) is 73.1. The van der Waals surface area contributed by atoms with Gasteiger partial charge in [0.25, 0.3) is 5.91 Å². The number of carbonyl (C=O) groups is 10. The van der Waals surface area contributed by atoms with Crippen molar-refractivity contribution in [3.8, 4) is 5.75 Å².